The molecule has 0 unspecified atom stereocenters. The summed E-state index contributed by atoms with van der Waals surface area (Å²) in [5.41, 5.74) is 0. The fourth-order valence-corrected chi connectivity index (χ4v) is 1.05. The van der Waals surface area contributed by atoms with Crippen LogP contribution in [0.3, 0.4) is 0 Å². The van der Waals surface area contributed by atoms with Crippen molar-refractivity contribution in [3.05, 3.63) is 16.1 Å². The Morgan fingerprint density at radius 1 is 1.57 bits per heavy atom. The van der Waals surface area contributed by atoms with E-state index in [4.69, 9.17) is 0 Å². The smallest absolute Gasteiger partial charge is 0.104 e. The van der Waals surface area contributed by atoms with Gasteiger partial charge in [-0.2, -0.15) is 0 Å². The molecule has 1 aromatic heterocycles. The predicted molar refractivity (Wildman–Crippen MR) is 30.4 cm³/mol. The molecule has 0 aromatic carbocycles. The molecular weight excluding hydrogens is 106 g/mol. The normalized spacial score (nSPS) is 9.43. The number of aromatic nitrogens is 1. The zero-order chi connectivity index (χ0) is 5.28. The number of rotatable bonds is 0. The molecule has 0 atom stereocenters. The van der Waals surface area contributed by atoms with E-state index in [2.05, 4.69) is 11.2 Å². The van der Waals surface area contributed by atoms with Crippen LogP contribution < -0.4 is 0 Å². The van der Waals surface area contributed by atoms with Crippen molar-refractivity contribution < 1.29 is 0 Å². The summed E-state index contributed by atoms with van der Waals surface area (Å²) in [6.07, 6.45) is 2.84. The summed E-state index contributed by atoms with van der Waals surface area (Å²) in [6.45, 7) is 3.98. The second kappa shape index (κ2) is 1.62. The van der Waals surface area contributed by atoms with Gasteiger partial charge in [0, 0.05) is 4.88 Å². The maximum Gasteiger partial charge on any atom is 0.104 e. The van der Waals surface area contributed by atoms with Crippen molar-refractivity contribution in [2.75, 3.05) is 0 Å². The summed E-state index contributed by atoms with van der Waals surface area (Å²) in [6, 6.07) is 0. The summed E-state index contributed by atoms with van der Waals surface area (Å²) in [4.78, 5) is 5.07. The molecule has 1 aromatic rings. The van der Waals surface area contributed by atoms with Crippen molar-refractivity contribution in [2.24, 2.45) is 0 Å². The van der Waals surface area contributed by atoms with Gasteiger partial charge in [-0.3, -0.25) is 0 Å². The highest BCUT2D eigenvalue weighted by Gasteiger charge is 1.87. The molecule has 1 radical (unpaired) electrons. The Balaban J connectivity index is 3.04. The number of aryl methyl sites for hydroxylation is 2. The summed E-state index contributed by atoms with van der Waals surface area (Å²) in [5.74, 6) is 0. The highest BCUT2D eigenvalue weighted by Crippen LogP contribution is 2.07. The molecule has 0 fully saturated rings. The van der Waals surface area contributed by atoms with E-state index in [1.54, 1.807) is 11.3 Å². The van der Waals surface area contributed by atoms with Crippen molar-refractivity contribution in [3.63, 3.8) is 0 Å². The SMILES string of the molecule is Cc1[c]nc(C)s1. The Bertz CT molecular complexity index is 140. The Kier molecular flexibility index (Phi) is 1.11. The van der Waals surface area contributed by atoms with E-state index in [1.807, 2.05) is 13.8 Å². The van der Waals surface area contributed by atoms with Crippen LogP contribution in [0.15, 0.2) is 0 Å². The van der Waals surface area contributed by atoms with E-state index in [1.165, 1.54) is 0 Å². The van der Waals surface area contributed by atoms with Crippen LogP contribution in [0.4, 0.5) is 0 Å². The second-order valence-electron chi connectivity index (χ2n) is 1.40. The number of thiazole rings is 1. The highest BCUT2D eigenvalue weighted by atomic mass is 32.1. The van der Waals surface area contributed by atoms with Crippen molar-refractivity contribution in [1.82, 2.24) is 4.98 Å². The minimum absolute atomic E-state index is 1.09. The van der Waals surface area contributed by atoms with Gasteiger partial charge >= 0.3 is 0 Å². The van der Waals surface area contributed by atoms with E-state index in [0.717, 1.165) is 9.88 Å². The van der Waals surface area contributed by atoms with Gasteiger partial charge in [-0.15, -0.1) is 11.3 Å². The van der Waals surface area contributed by atoms with Crippen LogP contribution in [0, 0.1) is 20.0 Å². The van der Waals surface area contributed by atoms with Crippen LogP contribution in [0.5, 0.6) is 0 Å². The molecule has 0 aliphatic rings. The third-order valence-corrected chi connectivity index (χ3v) is 1.46. The average molecular weight is 112 g/mol. The zero-order valence-electron chi connectivity index (χ0n) is 4.36. The standard InChI is InChI=1S/C5H6NS/c1-4-3-6-5(2)7-4/h1-2H3. The first-order valence-electron chi connectivity index (χ1n) is 2.11. The summed E-state index contributed by atoms with van der Waals surface area (Å²) < 4.78 is 0. The van der Waals surface area contributed by atoms with Crippen LogP contribution >= 0.6 is 11.3 Å². The topological polar surface area (TPSA) is 12.9 Å². The lowest BCUT2D eigenvalue weighted by Crippen LogP contribution is -1.58. The van der Waals surface area contributed by atoms with Gasteiger partial charge in [0.25, 0.3) is 0 Å². The first-order chi connectivity index (χ1) is 3.29. The van der Waals surface area contributed by atoms with Crippen molar-refractivity contribution in [3.8, 4) is 0 Å². The molecule has 7 heavy (non-hydrogen) atoms. The third-order valence-electron chi connectivity index (χ3n) is 0.672. The van der Waals surface area contributed by atoms with Crippen LogP contribution in [0.1, 0.15) is 9.88 Å². The fraction of sp³-hybridized carbons (Fsp3) is 0.400. The molecular formula is C5H6NS. The lowest BCUT2D eigenvalue weighted by molar-refractivity contribution is 1.27. The number of hydrogen-bond acceptors (Lipinski definition) is 2. The molecule has 0 saturated carbocycles. The number of hydrogen-bond donors (Lipinski definition) is 0. The molecule has 0 amide bonds. The first kappa shape index (κ1) is 4.78. The Labute approximate surface area is 47.0 Å². The van der Waals surface area contributed by atoms with Gasteiger partial charge in [0.05, 0.1) is 5.01 Å². The molecule has 0 bridgehead atoms. The molecule has 37 valence electrons. The van der Waals surface area contributed by atoms with Crippen LogP contribution in [-0.2, 0) is 0 Å². The average Bonchev–Trinajstić information content (AvgIpc) is 1.87. The van der Waals surface area contributed by atoms with Gasteiger partial charge in [-0.25, -0.2) is 4.98 Å². The molecule has 0 aliphatic heterocycles. The van der Waals surface area contributed by atoms with E-state index >= 15 is 0 Å². The summed E-state index contributed by atoms with van der Waals surface area (Å²) >= 11 is 1.68. The van der Waals surface area contributed by atoms with E-state index in [-0.39, 0.29) is 0 Å². The molecule has 0 N–H and O–H groups in total. The first-order valence-corrected chi connectivity index (χ1v) is 2.92. The minimum atomic E-state index is 1.09. The Morgan fingerprint density at radius 3 is 2.43 bits per heavy atom. The fourth-order valence-electron chi connectivity index (χ4n) is 0.425. The molecule has 1 nitrogen and oxygen atoms in total. The lowest BCUT2D eigenvalue weighted by Gasteiger charge is -1.68. The Hall–Kier alpha value is -0.370. The highest BCUT2D eigenvalue weighted by molar-refractivity contribution is 7.11. The zero-order valence-corrected chi connectivity index (χ0v) is 5.17. The summed E-state index contributed by atoms with van der Waals surface area (Å²) in [7, 11) is 0. The molecule has 0 saturated heterocycles. The van der Waals surface area contributed by atoms with Gasteiger partial charge in [-0.05, 0) is 13.8 Å². The Morgan fingerprint density at radius 2 is 2.29 bits per heavy atom. The maximum absolute atomic E-state index is 3.91. The van der Waals surface area contributed by atoms with Gasteiger partial charge in [-0.1, -0.05) is 0 Å². The van der Waals surface area contributed by atoms with E-state index < -0.39 is 0 Å². The van der Waals surface area contributed by atoms with Crippen molar-refractivity contribution in [1.29, 1.82) is 0 Å². The largest absolute Gasteiger partial charge is 0.240 e. The molecule has 0 spiro atoms. The summed E-state index contributed by atoms with van der Waals surface area (Å²) in [5, 5.41) is 1.09. The number of nitrogens with zero attached hydrogens (tertiary/aromatic N) is 1. The molecule has 1 heterocycles. The van der Waals surface area contributed by atoms with Crippen LogP contribution in [-0.4, -0.2) is 4.98 Å². The van der Waals surface area contributed by atoms with Gasteiger partial charge in [0.2, 0.25) is 0 Å². The molecule has 0 aliphatic carbocycles. The van der Waals surface area contributed by atoms with Crippen molar-refractivity contribution in [2.45, 2.75) is 13.8 Å². The maximum atomic E-state index is 3.91. The second-order valence-corrected chi connectivity index (χ2v) is 2.81. The monoisotopic (exact) mass is 112 g/mol. The van der Waals surface area contributed by atoms with Gasteiger partial charge in [0.15, 0.2) is 0 Å². The minimum Gasteiger partial charge on any atom is -0.240 e. The van der Waals surface area contributed by atoms with Gasteiger partial charge in [0.1, 0.15) is 6.20 Å². The van der Waals surface area contributed by atoms with Crippen LogP contribution in [0.2, 0.25) is 0 Å². The molecule has 2 heteroatoms. The lowest BCUT2D eigenvalue weighted by atomic mass is 10.6. The van der Waals surface area contributed by atoms with Gasteiger partial charge < -0.3 is 0 Å². The van der Waals surface area contributed by atoms with Crippen LogP contribution in [0.25, 0.3) is 0 Å². The molecule has 1 rings (SSSR count). The predicted octanol–water partition coefficient (Wildman–Crippen LogP) is 1.56. The quantitative estimate of drug-likeness (QED) is 0.496. The van der Waals surface area contributed by atoms with E-state index in [0.29, 0.717) is 0 Å². The third kappa shape index (κ3) is 0.996. The van der Waals surface area contributed by atoms with E-state index in [9.17, 15) is 0 Å². The van der Waals surface area contributed by atoms with Crippen molar-refractivity contribution >= 4 is 11.3 Å².